The summed E-state index contributed by atoms with van der Waals surface area (Å²) >= 11 is 0. The lowest BCUT2D eigenvalue weighted by atomic mass is 9.96. The lowest BCUT2D eigenvalue weighted by molar-refractivity contribution is -0.125. The molecule has 0 fully saturated rings. The summed E-state index contributed by atoms with van der Waals surface area (Å²) in [6, 6.07) is 7.99. The maximum atomic E-state index is 12.7. The number of nitrogens with one attached hydrogen (secondary N) is 1. The summed E-state index contributed by atoms with van der Waals surface area (Å²) in [6.07, 6.45) is 2.53. The summed E-state index contributed by atoms with van der Waals surface area (Å²) in [5.74, 6) is 0.961. The van der Waals surface area contributed by atoms with Gasteiger partial charge in [-0.3, -0.25) is 9.48 Å². The third-order valence-electron chi connectivity index (χ3n) is 4.94. The van der Waals surface area contributed by atoms with E-state index >= 15 is 0 Å². The first-order valence-corrected chi connectivity index (χ1v) is 9.11. The number of aromatic nitrogens is 2. The standard InChI is InChI=1S/C20H27N3O2/c1-4-10-23-15(3)18(14(2)22-23)13-21-20(24)17-9-11-25-19-8-6-5-7-16(19)12-17/h5-8,17H,4,9-13H2,1-3H3,(H,21,24)/t17-/m0/s1. The van der Waals surface area contributed by atoms with Crippen LogP contribution in [0.5, 0.6) is 5.75 Å². The Morgan fingerprint density at radius 1 is 1.36 bits per heavy atom. The number of hydrogen-bond acceptors (Lipinski definition) is 3. The third kappa shape index (κ3) is 3.86. The Morgan fingerprint density at radius 3 is 2.96 bits per heavy atom. The van der Waals surface area contributed by atoms with E-state index in [0.717, 1.165) is 54.1 Å². The highest BCUT2D eigenvalue weighted by atomic mass is 16.5. The van der Waals surface area contributed by atoms with Gasteiger partial charge in [-0.25, -0.2) is 0 Å². The van der Waals surface area contributed by atoms with Crippen molar-refractivity contribution in [2.75, 3.05) is 6.61 Å². The molecule has 25 heavy (non-hydrogen) atoms. The van der Waals surface area contributed by atoms with Crippen molar-refractivity contribution in [1.29, 1.82) is 0 Å². The van der Waals surface area contributed by atoms with E-state index in [1.807, 2.05) is 35.9 Å². The molecule has 134 valence electrons. The molecule has 0 bridgehead atoms. The molecule has 5 nitrogen and oxygen atoms in total. The number of benzene rings is 1. The fraction of sp³-hybridized carbons (Fsp3) is 0.500. The Bertz CT molecular complexity index is 751. The molecule has 1 N–H and O–H groups in total. The molecule has 0 spiro atoms. The molecular weight excluding hydrogens is 314 g/mol. The highest BCUT2D eigenvalue weighted by Crippen LogP contribution is 2.26. The van der Waals surface area contributed by atoms with Crippen LogP contribution in [0.15, 0.2) is 24.3 Å². The van der Waals surface area contributed by atoms with Gasteiger partial charge in [0.2, 0.25) is 5.91 Å². The second-order valence-corrected chi connectivity index (χ2v) is 6.74. The Balaban J connectivity index is 1.65. The zero-order chi connectivity index (χ0) is 17.8. The van der Waals surface area contributed by atoms with E-state index in [9.17, 15) is 4.79 Å². The van der Waals surface area contributed by atoms with Gasteiger partial charge in [0.1, 0.15) is 5.75 Å². The Morgan fingerprint density at radius 2 is 2.16 bits per heavy atom. The van der Waals surface area contributed by atoms with Crippen LogP contribution in [0.25, 0.3) is 0 Å². The van der Waals surface area contributed by atoms with Gasteiger partial charge in [0.15, 0.2) is 0 Å². The number of aryl methyl sites for hydroxylation is 2. The maximum absolute atomic E-state index is 12.7. The van der Waals surface area contributed by atoms with Crippen molar-refractivity contribution in [3.05, 3.63) is 46.8 Å². The van der Waals surface area contributed by atoms with Crippen LogP contribution < -0.4 is 10.1 Å². The summed E-state index contributed by atoms with van der Waals surface area (Å²) in [5.41, 5.74) is 4.39. The van der Waals surface area contributed by atoms with Gasteiger partial charge in [-0.1, -0.05) is 25.1 Å². The molecule has 1 aliphatic rings. The number of nitrogens with zero attached hydrogens (tertiary/aromatic N) is 2. The summed E-state index contributed by atoms with van der Waals surface area (Å²) < 4.78 is 7.80. The van der Waals surface area contributed by atoms with Crippen LogP contribution in [-0.2, 0) is 24.3 Å². The SMILES string of the molecule is CCCn1nc(C)c(CNC(=O)[C@H]2CCOc3ccccc3C2)c1C. The number of para-hydroxylation sites is 1. The molecule has 2 aromatic rings. The first kappa shape index (κ1) is 17.5. The largest absolute Gasteiger partial charge is 0.493 e. The lowest BCUT2D eigenvalue weighted by Crippen LogP contribution is -2.32. The van der Waals surface area contributed by atoms with Crippen LogP contribution in [-0.4, -0.2) is 22.3 Å². The Labute approximate surface area is 149 Å². The van der Waals surface area contributed by atoms with Crippen molar-refractivity contribution in [3.63, 3.8) is 0 Å². The van der Waals surface area contributed by atoms with E-state index in [-0.39, 0.29) is 11.8 Å². The minimum Gasteiger partial charge on any atom is -0.493 e. The van der Waals surface area contributed by atoms with E-state index in [1.165, 1.54) is 0 Å². The number of hydrogen-bond donors (Lipinski definition) is 1. The number of rotatable bonds is 5. The average molecular weight is 341 g/mol. The first-order valence-electron chi connectivity index (χ1n) is 9.11. The van der Waals surface area contributed by atoms with Gasteiger partial charge < -0.3 is 10.1 Å². The molecule has 0 radical (unpaired) electrons. The smallest absolute Gasteiger partial charge is 0.223 e. The predicted octanol–water partition coefficient (Wildman–Crippen LogP) is 3.17. The van der Waals surface area contributed by atoms with Crippen LogP contribution in [0.2, 0.25) is 0 Å². The quantitative estimate of drug-likeness (QED) is 0.909. The van der Waals surface area contributed by atoms with E-state index in [2.05, 4.69) is 24.3 Å². The van der Waals surface area contributed by atoms with Crippen molar-refractivity contribution in [1.82, 2.24) is 15.1 Å². The number of amides is 1. The van der Waals surface area contributed by atoms with Crippen molar-refractivity contribution >= 4 is 5.91 Å². The molecule has 2 heterocycles. The van der Waals surface area contributed by atoms with Gasteiger partial charge in [-0.15, -0.1) is 0 Å². The van der Waals surface area contributed by atoms with Crippen molar-refractivity contribution in [3.8, 4) is 5.75 Å². The molecule has 1 aromatic heterocycles. The Kier molecular flexibility index (Phi) is 5.41. The van der Waals surface area contributed by atoms with Gasteiger partial charge in [0, 0.05) is 30.3 Å². The van der Waals surface area contributed by atoms with Gasteiger partial charge >= 0.3 is 0 Å². The molecule has 1 aliphatic heterocycles. The normalized spacial score (nSPS) is 16.7. The van der Waals surface area contributed by atoms with E-state index in [4.69, 9.17) is 4.74 Å². The van der Waals surface area contributed by atoms with Gasteiger partial charge in [0.05, 0.1) is 12.3 Å². The van der Waals surface area contributed by atoms with Gasteiger partial charge in [0.25, 0.3) is 0 Å². The van der Waals surface area contributed by atoms with E-state index in [0.29, 0.717) is 13.2 Å². The number of carbonyl (C=O) groups is 1. The molecule has 1 aromatic carbocycles. The topological polar surface area (TPSA) is 56.2 Å². The van der Waals surface area contributed by atoms with Crippen LogP contribution in [0, 0.1) is 19.8 Å². The minimum atomic E-state index is -0.0463. The highest BCUT2D eigenvalue weighted by Gasteiger charge is 2.24. The second kappa shape index (κ2) is 7.72. The number of carbonyl (C=O) groups excluding carboxylic acids is 1. The van der Waals surface area contributed by atoms with Crippen molar-refractivity contribution < 1.29 is 9.53 Å². The number of ether oxygens (including phenoxy) is 1. The molecule has 5 heteroatoms. The van der Waals surface area contributed by atoms with Crippen LogP contribution in [0.4, 0.5) is 0 Å². The lowest BCUT2D eigenvalue weighted by Gasteiger charge is -2.14. The third-order valence-corrected chi connectivity index (χ3v) is 4.94. The predicted molar refractivity (Wildman–Crippen MR) is 97.6 cm³/mol. The first-order chi connectivity index (χ1) is 12.1. The zero-order valence-corrected chi connectivity index (χ0v) is 15.3. The van der Waals surface area contributed by atoms with Crippen LogP contribution in [0.1, 0.15) is 42.3 Å². The minimum absolute atomic E-state index is 0.0463. The molecule has 0 saturated heterocycles. The molecule has 1 amide bonds. The van der Waals surface area contributed by atoms with Crippen LogP contribution in [0.3, 0.4) is 0 Å². The van der Waals surface area contributed by atoms with E-state index in [1.54, 1.807) is 0 Å². The molecule has 0 aliphatic carbocycles. The molecule has 0 unspecified atom stereocenters. The molecule has 0 saturated carbocycles. The summed E-state index contributed by atoms with van der Waals surface area (Å²) in [6.45, 7) is 8.27. The summed E-state index contributed by atoms with van der Waals surface area (Å²) in [4.78, 5) is 12.7. The fourth-order valence-corrected chi connectivity index (χ4v) is 3.45. The van der Waals surface area contributed by atoms with E-state index < -0.39 is 0 Å². The summed E-state index contributed by atoms with van der Waals surface area (Å²) in [7, 11) is 0. The zero-order valence-electron chi connectivity index (χ0n) is 15.3. The molecule has 1 atom stereocenters. The number of fused-ring (bicyclic) bond motifs is 1. The molecule has 3 rings (SSSR count). The van der Waals surface area contributed by atoms with Gasteiger partial charge in [-0.2, -0.15) is 5.10 Å². The Hall–Kier alpha value is -2.30. The monoisotopic (exact) mass is 341 g/mol. The highest BCUT2D eigenvalue weighted by molar-refractivity contribution is 5.79. The van der Waals surface area contributed by atoms with Crippen LogP contribution >= 0.6 is 0 Å². The maximum Gasteiger partial charge on any atom is 0.223 e. The summed E-state index contributed by atoms with van der Waals surface area (Å²) in [5, 5.41) is 7.70. The fourth-order valence-electron chi connectivity index (χ4n) is 3.45. The van der Waals surface area contributed by atoms with Crippen molar-refractivity contribution in [2.24, 2.45) is 5.92 Å². The van der Waals surface area contributed by atoms with Gasteiger partial charge in [-0.05, 0) is 44.7 Å². The molecular formula is C20H27N3O2. The van der Waals surface area contributed by atoms with Crippen molar-refractivity contribution in [2.45, 2.75) is 53.1 Å². The average Bonchev–Trinajstić information content (AvgIpc) is 2.78. The second-order valence-electron chi connectivity index (χ2n) is 6.74.